The van der Waals surface area contributed by atoms with Crippen molar-refractivity contribution in [3.05, 3.63) is 0 Å². The van der Waals surface area contributed by atoms with Crippen molar-refractivity contribution in [1.29, 1.82) is 0 Å². The molecule has 0 aromatic rings. The summed E-state index contributed by atoms with van der Waals surface area (Å²) < 4.78 is 0. The summed E-state index contributed by atoms with van der Waals surface area (Å²) in [6.07, 6.45) is 67.2. The van der Waals surface area contributed by atoms with Crippen molar-refractivity contribution in [3.63, 3.8) is 0 Å². The Morgan fingerprint density at radius 1 is 0.169 bits per heavy atom. The monoisotopic (exact) mass is 907 g/mol. The average molecular weight is 908 g/mol. The van der Waals surface area contributed by atoms with Gasteiger partial charge in [0.15, 0.2) is 0 Å². The molecule has 12 aliphatic rings. The van der Waals surface area contributed by atoms with Crippen molar-refractivity contribution < 1.29 is 0 Å². The van der Waals surface area contributed by atoms with E-state index < -0.39 is 0 Å². The van der Waals surface area contributed by atoms with Gasteiger partial charge in [0, 0.05) is 10.5 Å². The Morgan fingerprint density at radius 2 is 0.415 bits per heavy atom. The molecule has 0 N–H and O–H groups in total. The third kappa shape index (κ3) is 9.73. The molecule has 0 radical (unpaired) electrons. The summed E-state index contributed by atoms with van der Waals surface area (Å²) >= 11 is 2.57. The lowest BCUT2D eigenvalue weighted by molar-refractivity contribution is -0.123. The first-order chi connectivity index (χ1) is 32.2. The molecule has 0 bridgehead atoms. The summed E-state index contributed by atoms with van der Waals surface area (Å²) in [5, 5.41) is 2.00. The van der Waals surface area contributed by atoms with Crippen LogP contribution in [0.25, 0.3) is 0 Å². The maximum Gasteiger partial charge on any atom is 0.00500 e. The summed E-state index contributed by atoms with van der Waals surface area (Å²) in [5.41, 5.74) is 0. The number of rotatable bonds is 8. The number of thioether (sulfide) groups is 1. The van der Waals surface area contributed by atoms with Crippen molar-refractivity contribution in [1.82, 2.24) is 0 Å². The van der Waals surface area contributed by atoms with E-state index in [4.69, 9.17) is 0 Å². The van der Waals surface area contributed by atoms with E-state index in [1.807, 2.05) is 0 Å². The van der Waals surface area contributed by atoms with Crippen LogP contribution in [0.15, 0.2) is 0 Å². The van der Waals surface area contributed by atoms with Crippen molar-refractivity contribution in [2.75, 3.05) is 0 Å². The third-order valence-electron chi connectivity index (χ3n) is 25.6. The van der Waals surface area contributed by atoms with Gasteiger partial charge in [-0.25, -0.2) is 0 Å². The number of hydrogen-bond acceptors (Lipinski definition) is 1. The van der Waals surface area contributed by atoms with E-state index in [1.165, 1.54) is 0 Å². The lowest BCUT2D eigenvalue weighted by Crippen LogP contribution is -2.54. The highest BCUT2D eigenvalue weighted by molar-refractivity contribution is 8.00. The highest BCUT2D eigenvalue weighted by atomic mass is 32.2. The van der Waals surface area contributed by atoms with Gasteiger partial charge < -0.3 is 0 Å². The molecule has 0 nitrogen and oxygen atoms in total. The lowest BCUT2D eigenvalue weighted by atomic mass is 9.44. The lowest BCUT2D eigenvalue weighted by Gasteiger charge is -2.61. The highest BCUT2D eigenvalue weighted by Gasteiger charge is 2.58. The molecule has 14 unspecified atom stereocenters. The van der Waals surface area contributed by atoms with E-state index in [0.29, 0.717) is 0 Å². The van der Waals surface area contributed by atoms with Crippen molar-refractivity contribution in [2.45, 2.75) is 280 Å². The fourth-order valence-corrected chi connectivity index (χ4v) is 25.0. The predicted molar refractivity (Wildman–Crippen MR) is 279 cm³/mol. The van der Waals surface area contributed by atoms with E-state index in [-0.39, 0.29) is 0 Å². The van der Waals surface area contributed by atoms with Crippen LogP contribution in [-0.2, 0) is 0 Å². The van der Waals surface area contributed by atoms with E-state index in [9.17, 15) is 0 Å². The summed E-state index contributed by atoms with van der Waals surface area (Å²) in [6.45, 7) is 0. The van der Waals surface area contributed by atoms with Gasteiger partial charge in [-0.2, -0.15) is 11.8 Å². The second-order valence-electron chi connectivity index (χ2n) is 28.1. The molecule has 0 heterocycles. The molecule has 12 rings (SSSR count). The Bertz CT molecular complexity index is 1330. The summed E-state index contributed by atoms with van der Waals surface area (Å²) in [6, 6.07) is 0. The minimum absolute atomic E-state index is 1.00. The van der Waals surface area contributed by atoms with Crippen molar-refractivity contribution in [3.8, 4) is 0 Å². The molecular weight excluding hydrogens is 801 g/mol. The van der Waals surface area contributed by atoms with Crippen molar-refractivity contribution in [2.24, 2.45) is 118 Å². The van der Waals surface area contributed by atoms with Gasteiger partial charge in [0.2, 0.25) is 0 Å². The zero-order valence-electron chi connectivity index (χ0n) is 42.8. The molecular formula is C64H106S. The fraction of sp³-hybridized carbons (Fsp3) is 1.00. The molecule has 12 aliphatic carbocycles. The number of hydrogen-bond donors (Lipinski definition) is 0. The summed E-state index contributed by atoms with van der Waals surface area (Å²) in [4.78, 5) is 0. The minimum atomic E-state index is 1.00. The van der Waals surface area contributed by atoms with Crippen LogP contribution in [0.1, 0.15) is 270 Å². The van der Waals surface area contributed by atoms with E-state index in [1.54, 1.807) is 270 Å². The Kier molecular flexibility index (Phi) is 15.4. The van der Waals surface area contributed by atoms with Gasteiger partial charge in [0.05, 0.1) is 0 Å². The zero-order chi connectivity index (χ0) is 43.1. The molecule has 0 aliphatic heterocycles. The van der Waals surface area contributed by atoms with Crippen LogP contribution < -0.4 is 0 Å². The molecule has 0 aromatic heterocycles. The SMILES string of the molecule is C1CCC(C2C3CCCCC3C(C3CCCCC3)C3CC(C4CCC(SC5CCC(C6CCC7C(C6)C(C6CCCCC6)C6CCCCC6C7C6CCCCC6)CC5)CC4)CCC32)CC1. The Morgan fingerprint density at radius 3 is 0.723 bits per heavy atom. The van der Waals surface area contributed by atoms with Gasteiger partial charge >= 0.3 is 0 Å². The molecule has 0 saturated heterocycles. The molecule has 12 fully saturated rings. The molecule has 368 valence electrons. The molecule has 65 heavy (non-hydrogen) atoms. The predicted octanol–water partition coefficient (Wildman–Crippen LogP) is 19.3. The summed E-state index contributed by atoms with van der Waals surface area (Å²) in [7, 11) is 0. The molecule has 12 saturated carbocycles. The topological polar surface area (TPSA) is 0 Å². The quantitative estimate of drug-likeness (QED) is 0.234. The second kappa shape index (κ2) is 21.6. The largest absolute Gasteiger partial charge is 0.155 e. The van der Waals surface area contributed by atoms with Gasteiger partial charge in [-0.15, -0.1) is 0 Å². The second-order valence-corrected chi connectivity index (χ2v) is 29.7. The first-order valence-electron chi connectivity index (χ1n) is 31.9. The summed E-state index contributed by atoms with van der Waals surface area (Å²) in [5.74, 6) is 22.4. The van der Waals surface area contributed by atoms with E-state index in [2.05, 4.69) is 11.8 Å². The van der Waals surface area contributed by atoms with Crippen LogP contribution in [0.4, 0.5) is 0 Å². The third-order valence-corrected chi connectivity index (χ3v) is 27.3. The Balaban J connectivity index is 0.660. The standard InChI is InChI=1S/C64H106S/c1-5-17-45(18-6-1)61-53-25-13-15-27-55(53)63(47-21-9-3-10-22-47)59-41-49(33-39-57(59)61)43-29-35-51(36-30-43)65-52-37-31-44(32-38-52)50-34-40-58-60(42-50)64(48-23-11-4-12-24-48)56-28-16-14-26-54(56)62(58)46-19-7-2-8-20-46/h43-64H,1-42H2. The van der Waals surface area contributed by atoms with Gasteiger partial charge in [0.25, 0.3) is 0 Å². The minimum Gasteiger partial charge on any atom is -0.155 e. The zero-order valence-corrected chi connectivity index (χ0v) is 43.6. The van der Waals surface area contributed by atoms with Gasteiger partial charge in [-0.1, -0.05) is 154 Å². The first-order valence-corrected chi connectivity index (χ1v) is 32.8. The maximum atomic E-state index is 2.57. The molecule has 14 atom stereocenters. The van der Waals surface area contributed by atoms with E-state index in [0.717, 1.165) is 129 Å². The number of fused-ring (bicyclic) bond motifs is 4. The maximum absolute atomic E-state index is 2.57. The Hall–Kier alpha value is 0.350. The van der Waals surface area contributed by atoms with Crippen LogP contribution in [0.5, 0.6) is 0 Å². The molecule has 0 amide bonds. The molecule has 0 aromatic carbocycles. The van der Waals surface area contributed by atoms with Crippen LogP contribution in [0.3, 0.4) is 0 Å². The molecule has 0 spiro atoms. The first kappa shape index (κ1) is 46.4. The van der Waals surface area contributed by atoms with Gasteiger partial charge in [-0.3, -0.25) is 0 Å². The van der Waals surface area contributed by atoms with Crippen LogP contribution in [-0.4, -0.2) is 10.5 Å². The van der Waals surface area contributed by atoms with E-state index >= 15 is 0 Å². The smallest absolute Gasteiger partial charge is 0.00500 e. The van der Waals surface area contributed by atoms with Gasteiger partial charge in [0.1, 0.15) is 0 Å². The van der Waals surface area contributed by atoms with Gasteiger partial charge in [-0.05, 0) is 234 Å². The molecule has 1 heteroatoms. The fourth-order valence-electron chi connectivity index (χ4n) is 23.3. The van der Waals surface area contributed by atoms with Crippen LogP contribution >= 0.6 is 11.8 Å². The average Bonchev–Trinajstić information content (AvgIpc) is 3.38. The Labute approximate surface area is 408 Å². The van der Waals surface area contributed by atoms with Crippen LogP contribution in [0.2, 0.25) is 0 Å². The van der Waals surface area contributed by atoms with Crippen LogP contribution in [0, 0.1) is 118 Å². The van der Waals surface area contributed by atoms with Crippen molar-refractivity contribution >= 4 is 11.8 Å². The normalized spacial score (nSPS) is 48.9. The highest BCUT2D eigenvalue weighted by Crippen LogP contribution is 2.66.